The van der Waals surface area contributed by atoms with Crippen molar-refractivity contribution in [1.29, 1.82) is 0 Å². The summed E-state index contributed by atoms with van der Waals surface area (Å²) in [6.07, 6.45) is -4.45. The van der Waals surface area contributed by atoms with Gasteiger partial charge in [-0.3, -0.25) is 14.6 Å². The highest BCUT2D eigenvalue weighted by molar-refractivity contribution is 5.94. The number of aliphatic hydroxyl groups excluding tert-OH is 4. The average Bonchev–Trinajstić information content (AvgIpc) is 2.55. The molecule has 7 heteroatoms. The van der Waals surface area contributed by atoms with Crippen molar-refractivity contribution in [3.8, 4) is 0 Å². The smallest absolute Gasteiger partial charge is 0.150 e. The quantitative estimate of drug-likeness (QED) is 0.478. The molecule has 4 aliphatic rings. The van der Waals surface area contributed by atoms with Gasteiger partial charge in [0.05, 0.1) is 23.6 Å². The van der Waals surface area contributed by atoms with Crippen molar-refractivity contribution >= 4 is 5.78 Å². The second-order valence-electron chi connectivity index (χ2n) is 8.91. The molecule has 0 aromatic carbocycles. The van der Waals surface area contributed by atoms with Gasteiger partial charge in [0.25, 0.3) is 0 Å². The Morgan fingerprint density at radius 2 is 1.36 bits per heavy atom. The number of ketones is 1. The van der Waals surface area contributed by atoms with E-state index in [1.54, 1.807) is 0 Å². The second-order valence-corrected chi connectivity index (χ2v) is 8.91. The number of piperidine rings is 2. The maximum atomic E-state index is 13.4. The summed E-state index contributed by atoms with van der Waals surface area (Å²) in [5, 5.41) is 39.7. The Labute approximate surface area is 149 Å². The van der Waals surface area contributed by atoms with E-state index in [0.29, 0.717) is 32.0 Å². The third-order valence-corrected chi connectivity index (χ3v) is 7.04. The molecule has 0 amide bonds. The molecule has 0 radical (unpaired) electrons. The van der Waals surface area contributed by atoms with E-state index in [0.717, 1.165) is 0 Å². The first-order valence-corrected chi connectivity index (χ1v) is 9.29. The number of carbonyl (C=O) groups is 1. The molecule has 0 spiro atoms. The van der Waals surface area contributed by atoms with Crippen molar-refractivity contribution in [3.63, 3.8) is 0 Å². The van der Waals surface area contributed by atoms with Gasteiger partial charge in [0.1, 0.15) is 18.3 Å². The molecule has 4 bridgehead atoms. The summed E-state index contributed by atoms with van der Waals surface area (Å²) < 4.78 is 0. The van der Waals surface area contributed by atoms with Crippen molar-refractivity contribution in [1.82, 2.24) is 9.80 Å². The molecule has 4 heterocycles. The van der Waals surface area contributed by atoms with E-state index in [2.05, 4.69) is 37.5 Å². The van der Waals surface area contributed by atoms with Crippen LogP contribution in [0.1, 0.15) is 27.7 Å². The Kier molecular flexibility index (Phi) is 4.80. The monoisotopic (exact) mass is 356 g/mol. The third-order valence-electron chi connectivity index (χ3n) is 7.04. The van der Waals surface area contributed by atoms with Gasteiger partial charge in [0.2, 0.25) is 0 Å². The van der Waals surface area contributed by atoms with Crippen molar-refractivity contribution in [3.05, 3.63) is 0 Å². The maximum absolute atomic E-state index is 13.4. The summed E-state index contributed by atoms with van der Waals surface area (Å²) in [4.78, 5) is 17.6. The lowest BCUT2D eigenvalue weighted by atomic mass is 9.53. The Bertz CT molecular complexity index is 492. The predicted molar refractivity (Wildman–Crippen MR) is 91.6 cm³/mol. The van der Waals surface area contributed by atoms with E-state index in [-0.39, 0.29) is 11.8 Å². The van der Waals surface area contributed by atoms with Crippen LogP contribution < -0.4 is 0 Å². The summed E-state index contributed by atoms with van der Waals surface area (Å²) in [6.45, 7) is 9.99. The molecular weight excluding hydrogens is 324 g/mol. The van der Waals surface area contributed by atoms with Crippen molar-refractivity contribution < 1.29 is 25.2 Å². The highest BCUT2D eigenvalue weighted by Gasteiger charge is 2.68. The highest BCUT2D eigenvalue weighted by Crippen LogP contribution is 2.54. The number of hydrogen-bond acceptors (Lipinski definition) is 7. The number of rotatable bonds is 6. The van der Waals surface area contributed by atoms with Crippen LogP contribution in [0.3, 0.4) is 0 Å². The lowest BCUT2D eigenvalue weighted by molar-refractivity contribution is -0.242. The average molecular weight is 356 g/mol. The minimum Gasteiger partial charge on any atom is -0.394 e. The molecular formula is C18H32N2O5. The summed E-state index contributed by atoms with van der Waals surface area (Å²) >= 11 is 0. The zero-order chi connectivity index (χ0) is 18.7. The number of Topliss-reactive ketones (excluding diaryl/α,β-unsaturated/α-hetero) is 1. The second kappa shape index (κ2) is 6.25. The van der Waals surface area contributed by atoms with Crippen LogP contribution in [0.25, 0.3) is 0 Å². The SMILES string of the molecule is CC(C)C12CN3CC(C(C)C)(CN(C1)C3[C@H](O)[C@@H](O)[C@H](O)CO)C2=O. The molecule has 4 fully saturated rings. The Morgan fingerprint density at radius 1 is 0.960 bits per heavy atom. The van der Waals surface area contributed by atoms with Gasteiger partial charge >= 0.3 is 0 Å². The Balaban J connectivity index is 1.95. The normalized spacial score (nSPS) is 43.8. The molecule has 144 valence electrons. The first-order chi connectivity index (χ1) is 11.6. The molecule has 3 atom stereocenters. The fourth-order valence-corrected chi connectivity index (χ4v) is 5.25. The molecule has 25 heavy (non-hydrogen) atoms. The zero-order valence-electron chi connectivity index (χ0n) is 15.6. The van der Waals surface area contributed by atoms with Gasteiger partial charge in [0, 0.05) is 26.2 Å². The van der Waals surface area contributed by atoms with Crippen LogP contribution in [0, 0.1) is 22.7 Å². The molecule has 0 aromatic rings. The lowest BCUT2D eigenvalue weighted by Crippen LogP contribution is -2.83. The molecule has 4 aliphatic heterocycles. The first kappa shape index (κ1) is 19.2. The van der Waals surface area contributed by atoms with E-state index in [4.69, 9.17) is 5.11 Å². The van der Waals surface area contributed by atoms with Gasteiger partial charge < -0.3 is 20.4 Å². The number of hydrogen-bond donors (Lipinski definition) is 4. The fourth-order valence-electron chi connectivity index (χ4n) is 5.25. The van der Waals surface area contributed by atoms with Gasteiger partial charge in [-0.2, -0.15) is 0 Å². The first-order valence-electron chi connectivity index (χ1n) is 9.29. The maximum Gasteiger partial charge on any atom is 0.150 e. The molecule has 0 unspecified atom stereocenters. The van der Waals surface area contributed by atoms with E-state index in [1.807, 2.05) is 0 Å². The molecule has 4 rings (SSSR count). The van der Waals surface area contributed by atoms with E-state index >= 15 is 0 Å². The van der Waals surface area contributed by atoms with Gasteiger partial charge in [-0.05, 0) is 11.8 Å². The summed E-state index contributed by atoms with van der Waals surface area (Å²) in [5.74, 6) is 0.728. The molecule has 4 N–H and O–H groups in total. The predicted octanol–water partition coefficient (Wildman–Crippen LogP) is -1.11. The topological polar surface area (TPSA) is 104 Å². The molecule has 0 saturated carbocycles. The molecule has 0 aromatic heterocycles. The van der Waals surface area contributed by atoms with Crippen LogP contribution in [0.4, 0.5) is 0 Å². The number of nitrogens with zero attached hydrogens (tertiary/aromatic N) is 2. The molecule has 4 saturated heterocycles. The van der Waals surface area contributed by atoms with Crippen LogP contribution >= 0.6 is 0 Å². The largest absolute Gasteiger partial charge is 0.394 e. The highest BCUT2D eigenvalue weighted by atomic mass is 16.4. The van der Waals surface area contributed by atoms with Crippen LogP contribution in [0.2, 0.25) is 0 Å². The van der Waals surface area contributed by atoms with Gasteiger partial charge in [-0.25, -0.2) is 0 Å². The van der Waals surface area contributed by atoms with Crippen LogP contribution in [-0.4, -0.2) is 93.3 Å². The van der Waals surface area contributed by atoms with Crippen molar-refractivity contribution in [2.24, 2.45) is 22.7 Å². The third kappa shape index (κ3) is 2.51. The summed E-state index contributed by atoms with van der Waals surface area (Å²) in [5.41, 5.74) is -0.894. The Hall–Kier alpha value is -0.570. The number of carbonyl (C=O) groups excluding carboxylic acids is 1. The van der Waals surface area contributed by atoms with Crippen LogP contribution in [-0.2, 0) is 4.79 Å². The van der Waals surface area contributed by atoms with Crippen molar-refractivity contribution in [2.45, 2.75) is 52.2 Å². The van der Waals surface area contributed by atoms with E-state index in [1.165, 1.54) is 0 Å². The Morgan fingerprint density at radius 3 is 1.68 bits per heavy atom. The molecule has 7 nitrogen and oxygen atoms in total. The van der Waals surface area contributed by atoms with Gasteiger partial charge in [0.15, 0.2) is 5.78 Å². The van der Waals surface area contributed by atoms with Gasteiger partial charge in [-0.1, -0.05) is 27.7 Å². The van der Waals surface area contributed by atoms with Crippen molar-refractivity contribution in [2.75, 3.05) is 32.8 Å². The zero-order valence-corrected chi connectivity index (χ0v) is 15.6. The van der Waals surface area contributed by atoms with E-state index in [9.17, 15) is 20.1 Å². The summed E-state index contributed by atoms with van der Waals surface area (Å²) in [6, 6.07) is 0. The van der Waals surface area contributed by atoms with Crippen LogP contribution in [0.5, 0.6) is 0 Å². The fraction of sp³-hybridized carbons (Fsp3) is 0.944. The minimum absolute atomic E-state index is 0.190. The molecule has 0 aliphatic carbocycles. The van der Waals surface area contributed by atoms with Crippen LogP contribution in [0.15, 0.2) is 0 Å². The minimum atomic E-state index is -1.42. The van der Waals surface area contributed by atoms with Gasteiger partial charge in [-0.15, -0.1) is 0 Å². The standard InChI is InChI=1S/C18H32N2O5/c1-10(2)17-6-19-8-18(11(3)4,16(17)25)9-20(7-17)15(19)14(24)13(23)12(22)5-21/h10-15,21-24H,5-9H2,1-4H3/t12-,13+,14-,15?,17?,18?/m1/s1. The summed E-state index contributed by atoms with van der Waals surface area (Å²) in [7, 11) is 0. The number of aliphatic hydroxyl groups is 4. The van der Waals surface area contributed by atoms with E-state index < -0.39 is 41.9 Å². The lowest BCUT2D eigenvalue weighted by Gasteiger charge is -2.69.